The lowest BCUT2D eigenvalue weighted by Gasteiger charge is -2.06. The zero-order valence-electron chi connectivity index (χ0n) is 8.13. The largest absolute Gasteiger partial charge is 0.396 e. The smallest absolute Gasteiger partial charge is 0.152 e. The summed E-state index contributed by atoms with van der Waals surface area (Å²) in [6, 6.07) is 5.93. The number of rotatable bonds is 0. The summed E-state index contributed by atoms with van der Waals surface area (Å²) >= 11 is 5.88. The monoisotopic (exact) mass is 206 g/mol. The number of pyridine rings is 1. The Balaban J connectivity index is 2.89. The normalized spacial score (nSPS) is 10.8. The number of nitrogen functional groups attached to an aromatic ring is 1. The van der Waals surface area contributed by atoms with Crippen molar-refractivity contribution in [2.45, 2.75) is 13.8 Å². The van der Waals surface area contributed by atoms with E-state index in [0.29, 0.717) is 10.8 Å². The summed E-state index contributed by atoms with van der Waals surface area (Å²) in [6.45, 7) is 4.10. The van der Waals surface area contributed by atoms with Crippen LogP contribution < -0.4 is 5.73 Å². The highest BCUT2D eigenvalue weighted by atomic mass is 35.5. The van der Waals surface area contributed by atoms with Gasteiger partial charge in [-0.3, -0.25) is 0 Å². The second-order valence-corrected chi connectivity index (χ2v) is 3.81. The highest BCUT2D eigenvalue weighted by Crippen LogP contribution is 2.25. The summed E-state index contributed by atoms with van der Waals surface area (Å²) in [5.41, 5.74) is 9.51. The Morgan fingerprint density at radius 3 is 2.71 bits per heavy atom. The molecule has 0 amide bonds. The van der Waals surface area contributed by atoms with Gasteiger partial charge >= 0.3 is 0 Å². The number of halogens is 1. The van der Waals surface area contributed by atoms with E-state index in [2.05, 4.69) is 18.0 Å². The number of nitrogens with two attached hydrogens (primary N) is 1. The molecule has 2 N–H and O–H groups in total. The molecule has 3 heteroatoms. The fourth-order valence-corrected chi connectivity index (χ4v) is 1.62. The van der Waals surface area contributed by atoms with Crippen LogP contribution in [0, 0.1) is 13.8 Å². The van der Waals surface area contributed by atoms with Gasteiger partial charge in [-0.1, -0.05) is 23.7 Å². The minimum absolute atomic E-state index is 0.381. The Hall–Kier alpha value is -1.28. The van der Waals surface area contributed by atoms with Crippen LogP contribution in [0.1, 0.15) is 11.1 Å². The fraction of sp³-hybridized carbons (Fsp3) is 0.182. The fourth-order valence-electron chi connectivity index (χ4n) is 1.48. The third-order valence-corrected chi connectivity index (χ3v) is 2.79. The molecule has 0 aliphatic carbocycles. The molecule has 0 aliphatic heterocycles. The van der Waals surface area contributed by atoms with Crippen LogP contribution in [-0.4, -0.2) is 4.98 Å². The van der Waals surface area contributed by atoms with Crippen LogP contribution in [0.5, 0.6) is 0 Å². The van der Waals surface area contributed by atoms with Gasteiger partial charge in [0, 0.05) is 5.39 Å². The van der Waals surface area contributed by atoms with E-state index in [9.17, 15) is 0 Å². The molecule has 0 fully saturated rings. The molecule has 0 saturated heterocycles. The number of nitrogens with zero attached hydrogens (tertiary/aromatic N) is 1. The molecule has 14 heavy (non-hydrogen) atoms. The van der Waals surface area contributed by atoms with Gasteiger partial charge in [-0.15, -0.1) is 0 Å². The van der Waals surface area contributed by atoms with Crippen LogP contribution in [0.15, 0.2) is 18.2 Å². The maximum atomic E-state index is 5.88. The van der Waals surface area contributed by atoms with Crippen molar-refractivity contribution < 1.29 is 0 Å². The summed E-state index contributed by atoms with van der Waals surface area (Å²) < 4.78 is 0. The Morgan fingerprint density at radius 2 is 2.00 bits per heavy atom. The summed E-state index contributed by atoms with van der Waals surface area (Å²) in [4.78, 5) is 4.28. The average molecular weight is 207 g/mol. The van der Waals surface area contributed by atoms with Gasteiger partial charge in [0.15, 0.2) is 5.15 Å². The minimum atomic E-state index is 0.381. The van der Waals surface area contributed by atoms with Crippen LogP contribution in [0.2, 0.25) is 5.15 Å². The molecule has 2 aromatic rings. The van der Waals surface area contributed by atoms with Crippen LogP contribution in [0.3, 0.4) is 0 Å². The SMILES string of the molecule is Cc1ccc2cc(N)c(Cl)nc2c1C. The maximum absolute atomic E-state index is 5.88. The minimum Gasteiger partial charge on any atom is -0.396 e. The predicted molar refractivity (Wildman–Crippen MR) is 60.6 cm³/mol. The topological polar surface area (TPSA) is 38.9 Å². The number of benzene rings is 1. The van der Waals surface area contributed by atoms with Crippen molar-refractivity contribution in [3.8, 4) is 0 Å². The average Bonchev–Trinajstić information content (AvgIpc) is 2.15. The van der Waals surface area contributed by atoms with Crippen LogP contribution in [-0.2, 0) is 0 Å². The van der Waals surface area contributed by atoms with Gasteiger partial charge in [0.05, 0.1) is 11.2 Å². The van der Waals surface area contributed by atoms with Gasteiger partial charge in [0.2, 0.25) is 0 Å². The molecule has 0 spiro atoms. The first-order valence-corrected chi connectivity index (χ1v) is 4.79. The Bertz CT molecular complexity index is 506. The van der Waals surface area contributed by atoms with E-state index in [0.717, 1.165) is 16.5 Å². The van der Waals surface area contributed by atoms with Gasteiger partial charge in [0.1, 0.15) is 0 Å². The van der Waals surface area contributed by atoms with Crippen LogP contribution >= 0.6 is 11.6 Å². The van der Waals surface area contributed by atoms with Gasteiger partial charge < -0.3 is 5.73 Å². The first-order valence-electron chi connectivity index (χ1n) is 4.41. The van der Waals surface area contributed by atoms with E-state index >= 15 is 0 Å². The van der Waals surface area contributed by atoms with Gasteiger partial charge in [-0.2, -0.15) is 0 Å². The van der Waals surface area contributed by atoms with Crippen molar-refractivity contribution in [2.24, 2.45) is 0 Å². The molecule has 2 rings (SSSR count). The van der Waals surface area contributed by atoms with Crippen molar-refractivity contribution in [2.75, 3.05) is 5.73 Å². The van der Waals surface area contributed by atoms with E-state index in [1.165, 1.54) is 5.56 Å². The lowest BCUT2D eigenvalue weighted by molar-refractivity contribution is 1.31. The quantitative estimate of drug-likeness (QED) is 0.673. The molecule has 0 unspecified atom stereocenters. The Labute approximate surface area is 87.7 Å². The number of anilines is 1. The number of aromatic nitrogens is 1. The van der Waals surface area contributed by atoms with Gasteiger partial charge in [-0.25, -0.2) is 4.98 Å². The molecule has 0 radical (unpaired) electrons. The van der Waals surface area contributed by atoms with Crippen LogP contribution in [0.25, 0.3) is 10.9 Å². The number of fused-ring (bicyclic) bond motifs is 1. The summed E-state index contributed by atoms with van der Waals surface area (Å²) in [6.07, 6.45) is 0. The second kappa shape index (κ2) is 3.14. The van der Waals surface area contributed by atoms with E-state index in [1.54, 1.807) is 0 Å². The molecule has 0 bridgehead atoms. The van der Waals surface area contributed by atoms with Crippen LogP contribution in [0.4, 0.5) is 5.69 Å². The van der Waals surface area contributed by atoms with Crippen molar-refractivity contribution in [3.63, 3.8) is 0 Å². The standard InChI is InChI=1S/C11H11ClN2/c1-6-3-4-8-5-9(13)11(12)14-10(8)7(6)2/h3-5H,13H2,1-2H3. The van der Waals surface area contributed by atoms with E-state index in [4.69, 9.17) is 17.3 Å². The highest BCUT2D eigenvalue weighted by molar-refractivity contribution is 6.32. The summed E-state index contributed by atoms with van der Waals surface area (Å²) in [5.74, 6) is 0. The van der Waals surface area contributed by atoms with Crippen molar-refractivity contribution >= 4 is 28.2 Å². The molecule has 0 aliphatic rings. The number of hydrogen-bond donors (Lipinski definition) is 1. The lowest BCUT2D eigenvalue weighted by atomic mass is 10.1. The molecule has 1 heterocycles. The molecule has 0 atom stereocenters. The number of aryl methyl sites for hydroxylation is 2. The van der Waals surface area contributed by atoms with E-state index in [-0.39, 0.29) is 0 Å². The van der Waals surface area contributed by atoms with Crippen molar-refractivity contribution in [1.82, 2.24) is 4.98 Å². The second-order valence-electron chi connectivity index (χ2n) is 3.45. The summed E-state index contributed by atoms with van der Waals surface area (Å²) in [5, 5.41) is 1.42. The summed E-state index contributed by atoms with van der Waals surface area (Å²) in [7, 11) is 0. The van der Waals surface area contributed by atoms with Gasteiger partial charge in [-0.05, 0) is 31.0 Å². The third-order valence-electron chi connectivity index (χ3n) is 2.49. The molecular weight excluding hydrogens is 196 g/mol. The van der Waals surface area contributed by atoms with Crippen molar-refractivity contribution in [3.05, 3.63) is 34.5 Å². The maximum Gasteiger partial charge on any atom is 0.152 e. The zero-order chi connectivity index (χ0) is 10.3. The zero-order valence-corrected chi connectivity index (χ0v) is 8.89. The highest BCUT2D eigenvalue weighted by Gasteiger charge is 2.05. The van der Waals surface area contributed by atoms with Crippen molar-refractivity contribution in [1.29, 1.82) is 0 Å². The Kier molecular flexibility index (Phi) is 2.08. The first-order chi connectivity index (χ1) is 6.59. The molecule has 72 valence electrons. The lowest BCUT2D eigenvalue weighted by Crippen LogP contribution is -1.93. The number of hydrogen-bond acceptors (Lipinski definition) is 2. The molecule has 1 aromatic heterocycles. The molecular formula is C11H11ClN2. The molecule has 1 aromatic carbocycles. The first kappa shape index (κ1) is 9.28. The van der Waals surface area contributed by atoms with Gasteiger partial charge in [0.25, 0.3) is 0 Å². The third kappa shape index (κ3) is 1.32. The molecule has 2 nitrogen and oxygen atoms in total. The van der Waals surface area contributed by atoms with E-state index < -0.39 is 0 Å². The molecule has 0 saturated carbocycles. The van der Waals surface area contributed by atoms with E-state index in [1.807, 2.05) is 19.1 Å². The predicted octanol–water partition coefficient (Wildman–Crippen LogP) is 3.09. The Morgan fingerprint density at radius 1 is 1.29 bits per heavy atom.